The van der Waals surface area contributed by atoms with Gasteiger partial charge in [-0.3, -0.25) is 14.4 Å². The molecule has 7 N–H and O–H groups in total. The molecule has 2 amide bonds. The number of amides is 2. The van der Waals surface area contributed by atoms with Gasteiger partial charge in [0.1, 0.15) is 12.1 Å². The van der Waals surface area contributed by atoms with Gasteiger partial charge in [0, 0.05) is 5.92 Å². The van der Waals surface area contributed by atoms with Crippen LogP contribution < -0.4 is 22.1 Å². The van der Waals surface area contributed by atoms with E-state index in [1.165, 1.54) is 6.92 Å². The zero-order valence-electron chi connectivity index (χ0n) is 18.5. The molecule has 31 heavy (non-hydrogen) atoms. The number of ether oxygens (including phenoxy) is 1. The second kappa shape index (κ2) is 13.9. The van der Waals surface area contributed by atoms with E-state index in [4.69, 9.17) is 16.2 Å². The van der Waals surface area contributed by atoms with Crippen LogP contribution in [0.5, 0.6) is 0 Å². The first-order valence-electron chi connectivity index (χ1n) is 10.6. The van der Waals surface area contributed by atoms with Gasteiger partial charge in [0.25, 0.3) is 0 Å². The van der Waals surface area contributed by atoms with Gasteiger partial charge in [-0.15, -0.1) is 0 Å². The molecule has 0 saturated heterocycles. The van der Waals surface area contributed by atoms with Gasteiger partial charge in [0.15, 0.2) is 5.78 Å². The summed E-state index contributed by atoms with van der Waals surface area (Å²) >= 11 is 0. The van der Waals surface area contributed by atoms with Crippen molar-refractivity contribution in [2.24, 2.45) is 17.4 Å². The topological polar surface area (TPSA) is 157 Å². The monoisotopic (exact) mass is 436 g/mol. The van der Waals surface area contributed by atoms with Crippen LogP contribution in [0, 0.1) is 5.92 Å². The van der Waals surface area contributed by atoms with Crippen molar-refractivity contribution in [3.63, 3.8) is 0 Å². The minimum Gasteiger partial charge on any atom is -0.391 e. The zero-order valence-corrected chi connectivity index (χ0v) is 18.5. The number of nitrogens with one attached hydrogen (secondary N) is 2. The minimum absolute atomic E-state index is 0.165. The molecular formula is C22H36N4O5. The average molecular weight is 437 g/mol. The highest BCUT2D eigenvalue weighted by atomic mass is 16.5. The highest BCUT2D eigenvalue weighted by Gasteiger charge is 2.32. The fraction of sp³-hybridized carbons (Fsp3) is 0.591. The second-order valence-corrected chi connectivity index (χ2v) is 7.79. The molecule has 1 aromatic carbocycles. The van der Waals surface area contributed by atoms with Crippen molar-refractivity contribution in [1.82, 2.24) is 10.6 Å². The molecule has 0 fully saturated rings. The van der Waals surface area contributed by atoms with E-state index in [-0.39, 0.29) is 44.2 Å². The second-order valence-electron chi connectivity index (χ2n) is 7.79. The molecule has 1 aromatic rings. The van der Waals surface area contributed by atoms with Gasteiger partial charge in [-0.1, -0.05) is 44.2 Å². The number of hydrogen-bond acceptors (Lipinski definition) is 7. The average Bonchev–Trinajstić information content (AvgIpc) is 2.74. The Morgan fingerprint density at radius 2 is 1.58 bits per heavy atom. The third-order valence-corrected chi connectivity index (χ3v) is 4.76. The summed E-state index contributed by atoms with van der Waals surface area (Å²) in [7, 11) is 0. The number of rotatable bonds is 14. The van der Waals surface area contributed by atoms with Crippen molar-refractivity contribution in [2.75, 3.05) is 13.1 Å². The van der Waals surface area contributed by atoms with E-state index < -0.39 is 36.1 Å². The lowest BCUT2D eigenvalue weighted by Crippen LogP contribution is -2.58. The van der Waals surface area contributed by atoms with Crippen LogP contribution in [-0.2, 0) is 25.7 Å². The van der Waals surface area contributed by atoms with Gasteiger partial charge in [-0.05, 0) is 38.4 Å². The molecule has 0 aliphatic heterocycles. The molecule has 0 bridgehead atoms. The van der Waals surface area contributed by atoms with Crippen molar-refractivity contribution in [1.29, 1.82) is 0 Å². The summed E-state index contributed by atoms with van der Waals surface area (Å²) in [5, 5.41) is 15.2. The molecule has 1 rings (SSSR count). The van der Waals surface area contributed by atoms with Gasteiger partial charge in [0.05, 0.1) is 18.8 Å². The van der Waals surface area contributed by atoms with Gasteiger partial charge < -0.3 is 31.9 Å². The van der Waals surface area contributed by atoms with E-state index in [9.17, 15) is 19.5 Å². The van der Waals surface area contributed by atoms with Crippen molar-refractivity contribution in [2.45, 2.75) is 64.5 Å². The summed E-state index contributed by atoms with van der Waals surface area (Å²) in [6.07, 6.45) is -1.58. The lowest BCUT2D eigenvalue weighted by atomic mass is 9.98. The zero-order chi connectivity index (χ0) is 23.4. The Labute approximate surface area is 183 Å². The van der Waals surface area contributed by atoms with Crippen molar-refractivity contribution in [3.05, 3.63) is 35.9 Å². The minimum atomic E-state index is -1.26. The summed E-state index contributed by atoms with van der Waals surface area (Å²) < 4.78 is 5.70. The van der Waals surface area contributed by atoms with Crippen molar-refractivity contribution in [3.8, 4) is 0 Å². The van der Waals surface area contributed by atoms with Crippen molar-refractivity contribution < 1.29 is 24.2 Å². The number of carbonyl (C=O) groups is 3. The van der Waals surface area contributed by atoms with Gasteiger partial charge in [-0.25, -0.2) is 0 Å². The summed E-state index contributed by atoms with van der Waals surface area (Å²) in [4.78, 5) is 37.8. The number of Topliss-reactive ketones (excluding diaryl/α,β-unsaturated/α-hetero) is 1. The maximum Gasteiger partial charge on any atom is 0.249 e. The highest BCUT2D eigenvalue weighted by molar-refractivity contribution is 5.94. The largest absolute Gasteiger partial charge is 0.391 e. The number of aliphatic hydroxyl groups is 1. The molecule has 0 heterocycles. The molecule has 0 saturated carbocycles. The van der Waals surface area contributed by atoms with Crippen LogP contribution in [0.25, 0.3) is 0 Å². The molecule has 9 heteroatoms. The number of aliphatic hydroxyl groups excluding tert-OH is 1. The van der Waals surface area contributed by atoms with Crippen LogP contribution in [0.3, 0.4) is 0 Å². The number of ketones is 1. The van der Waals surface area contributed by atoms with E-state index >= 15 is 0 Å². The molecule has 0 spiro atoms. The van der Waals surface area contributed by atoms with Gasteiger partial charge >= 0.3 is 0 Å². The summed E-state index contributed by atoms with van der Waals surface area (Å²) in [6, 6.07) is 7.29. The van der Waals surface area contributed by atoms with E-state index in [1.54, 1.807) is 13.8 Å². The molecule has 0 radical (unpaired) electrons. The van der Waals surface area contributed by atoms with Gasteiger partial charge in [0.2, 0.25) is 11.8 Å². The fourth-order valence-electron chi connectivity index (χ4n) is 2.98. The highest BCUT2D eigenvalue weighted by Crippen LogP contribution is 2.08. The first kappa shape index (κ1) is 26.7. The maximum atomic E-state index is 12.8. The number of hydrogen-bond donors (Lipinski definition) is 5. The Morgan fingerprint density at radius 1 is 0.968 bits per heavy atom. The van der Waals surface area contributed by atoms with E-state index in [0.29, 0.717) is 0 Å². The Balaban J connectivity index is 2.83. The van der Waals surface area contributed by atoms with Gasteiger partial charge in [-0.2, -0.15) is 0 Å². The van der Waals surface area contributed by atoms with Crippen LogP contribution in [0.15, 0.2) is 30.3 Å². The molecule has 0 aromatic heterocycles. The van der Waals surface area contributed by atoms with E-state index in [1.807, 2.05) is 30.3 Å². The Kier molecular flexibility index (Phi) is 11.9. The maximum absolute atomic E-state index is 12.8. The van der Waals surface area contributed by atoms with Crippen LogP contribution in [0.1, 0.15) is 39.2 Å². The molecule has 9 nitrogen and oxygen atoms in total. The molecule has 4 atom stereocenters. The smallest absolute Gasteiger partial charge is 0.249 e. The van der Waals surface area contributed by atoms with Crippen LogP contribution >= 0.6 is 0 Å². The Morgan fingerprint density at radius 3 is 2.10 bits per heavy atom. The Bertz CT molecular complexity index is 696. The predicted molar refractivity (Wildman–Crippen MR) is 118 cm³/mol. The van der Waals surface area contributed by atoms with E-state index in [0.717, 1.165) is 5.56 Å². The van der Waals surface area contributed by atoms with Crippen LogP contribution in [-0.4, -0.2) is 60.1 Å². The van der Waals surface area contributed by atoms with Crippen molar-refractivity contribution >= 4 is 17.6 Å². The number of carbonyl (C=O) groups excluding carboxylic acids is 3. The normalized spacial score (nSPS) is 15.1. The van der Waals surface area contributed by atoms with Crippen LogP contribution in [0.4, 0.5) is 0 Å². The lowest BCUT2D eigenvalue weighted by molar-refractivity contribution is -0.140. The summed E-state index contributed by atoms with van der Waals surface area (Å²) in [5.41, 5.74) is 12.1. The molecular weight excluding hydrogens is 400 g/mol. The number of benzene rings is 1. The first-order chi connectivity index (χ1) is 14.7. The van der Waals surface area contributed by atoms with E-state index in [2.05, 4.69) is 10.6 Å². The predicted octanol–water partition coefficient (Wildman–Crippen LogP) is -0.155. The molecule has 1 unspecified atom stereocenters. The third-order valence-electron chi connectivity index (χ3n) is 4.76. The SMILES string of the molecule is CC(C)C(=O)[C@H](CCN)NC(=O)[C@@H](NC(=O)[C@H](CCN)OCc1ccccc1)C(C)O. The fourth-order valence-corrected chi connectivity index (χ4v) is 2.98. The van der Waals surface area contributed by atoms with Crippen LogP contribution in [0.2, 0.25) is 0 Å². The Hall–Kier alpha value is -2.33. The quantitative estimate of drug-likeness (QED) is 0.271. The first-order valence-corrected chi connectivity index (χ1v) is 10.6. The standard InChI is InChI=1S/C22H36N4O5/c1-14(2)20(28)17(9-11-23)25-22(30)19(15(3)27)26-21(29)18(10-12-24)31-13-16-7-5-4-6-8-16/h4-8,14-15,17-19,27H,9-13,23-24H2,1-3H3,(H,25,30)(H,26,29)/t15?,17-,18-,19-/m0/s1. The molecule has 174 valence electrons. The summed E-state index contributed by atoms with van der Waals surface area (Å²) in [5.74, 6) is -1.68. The molecule has 0 aliphatic carbocycles. The molecule has 0 aliphatic rings. The third kappa shape index (κ3) is 9.14. The summed E-state index contributed by atoms with van der Waals surface area (Å²) in [6.45, 7) is 5.46. The number of nitrogens with two attached hydrogens (primary N) is 2. The lowest BCUT2D eigenvalue weighted by Gasteiger charge is -2.26.